The van der Waals surface area contributed by atoms with Crippen molar-refractivity contribution in [2.24, 2.45) is 10.4 Å². The lowest BCUT2D eigenvalue weighted by Crippen LogP contribution is -2.61. The molecular weight excluding hydrogens is 420 g/mol. The maximum atomic E-state index is 12.9. The fourth-order valence-corrected chi connectivity index (χ4v) is 3.67. The molecule has 2 aliphatic rings. The fraction of sp³-hybridized carbons (Fsp3) is 0.423. The van der Waals surface area contributed by atoms with Crippen LogP contribution in [0.25, 0.3) is 0 Å². The molecule has 1 aromatic rings. The molecule has 1 heterocycles. The summed E-state index contributed by atoms with van der Waals surface area (Å²) in [4.78, 5) is 36.5. The molecule has 2 unspecified atom stereocenters. The van der Waals surface area contributed by atoms with Crippen molar-refractivity contribution in [2.75, 3.05) is 14.2 Å². The molecule has 1 saturated heterocycles. The molecule has 0 radical (unpaired) electrons. The molecule has 3 rings (SSSR count). The second kappa shape index (κ2) is 12.7. The molecule has 0 N–H and O–H groups in total. The summed E-state index contributed by atoms with van der Waals surface area (Å²) in [5.41, 5.74) is 0.0181. The molecule has 7 nitrogen and oxygen atoms in total. The summed E-state index contributed by atoms with van der Waals surface area (Å²) >= 11 is 0. The summed E-state index contributed by atoms with van der Waals surface area (Å²) in [5, 5.41) is 1.56. The van der Waals surface area contributed by atoms with Gasteiger partial charge in [-0.05, 0) is 25.0 Å². The first kappa shape index (κ1) is 26.1. The van der Waals surface area contributed by atoms with E-state index in [1.54, 1.807) is 18.2 Å². The SMILES string of the molecule is CCC.COC(=O)C1(C(=O)OC)CC(/N=C/c2ccccc2)ON(C2=CCC=CC=C2)C1C. The monoisotopic (exact) mass is 454 g/mol. The molecule has 1 aliphatic carbocycles. The smallest absolute Gasteiger partial charge is 0.325 e. The molecule has 0 saturated carbocycles. The van der Waals surface area contributed by atoms with Crippen molar-refractivity contribution >= 4 is 18.2 Å². The number of aliphatic imine (C=N–C) groups is 1. The molecule has 7 heteroatoms. The van der Waals surface area contributed by atoms with E-state index < -0.39 is 29.6 Å². The molecule has 2 atom stereocenters. The van der Waals surface area contributed by atoms with Gasteiger partial charge in [-0.1, -0.05) is 74.9 Å². The molecule has 0 aromatic heterocycles. The van der Waals surface area contributed by atoms with E-state index in [4.69, 9.17) is 14.3 Å². The fourth-order valence-electron chi connectivity index (χ4n) is 3.67. The van der Waals surface area contributed by atoms with E-state index in [-0.39, 0.29) is 6.42 Å². The number of ether oxygens (including phenoxy) is 2. The molecule has 1 fully saturated rings. The van der Waals surface area contributed by atoms with Gasteiger partial charge in [0.2, 0.25) is 0 Å². The van der Waals surface area contributed by atoms with E-state index in [9.17, 15) is 9.59 Å². The number of allylic oxidation sites excluding steroid dienone is 5. The highest BCUT2D eigenvalue weighted by Gasteiger charge is 2.60. The van der Waals surface area contributed by atoms with Crippen LogP contribution in [0.15, 0.2) is 71.4 Å². The number of hydrogen-bond donors (Lipinski definition) is 0. The van der Waals surface area contributed by atoms with E-state index in [1.807, 2.05) is 60.7 Å². The Morgan fingerprint density at radius 2 is 1.79 bits per heavy atom. The van der Waals surface area contributed by atoms with E-state index >= 15 is 0 Å². The number of carbonyl (C=O) groups excluding carboxylic acids is 2. The van der Waals surface area contributed by atoms with Crippen molar-refractivity contribution in [3.05, 3.63) is 72.0 Å². The Labute approximate surface area is 196 Å². The zero-order valence-electron chi connectivity index (χ0n) is 20.1. The standard InChI is InChI=1S/C23H26N2O5.C3H8/c1-17-23(21(26)28-2,22(27)29-3)15-20(24-16-18-11-7-6-8-12-18)30-25(17)19-13-9-4-5-10-14-19;1-3-2/h4-9,11-14,16-17,20H,10,15H2,1-3H3;3H2,1-2H3/b24-16+;. The van der Waals surface area contributed by atoms with Gasteiger partial charge in [-0.3, -0.25) is 14.6 Å². The molecule has 1 aromatic carbocycles. The first-order chi connectivity index (χ1) is 15.9. The number of nitrogens with zero attached hydrogens (tertiary/aromatic N) is 2. The highest BCUT2D eigenvalue weighted by atomic mass is 16.7. The predicted molar refractivity (Wildman–Crippen MR) is 128 cm³/mol. The van der Waals surface area contributed by atoms with Crippen LogP contribution in [0, 0.1) is 5.41 Å². The Morgan fingerprint density at radius 1 is 1.15 bits per heavy atom. The summed E-state index contributed by atoms with van der Waals surface area (Å²) in [7, 11) is 2.52. The van der Waals surface area contributed by atoms with Crippen LogP contribution in [-0.2, 0) is 23.9 Å². The van der Waals surface area contributed by atoms with Crippen LogP contribution in [0.5, 0.6) is 0 Å². The Bertz CT molecular complexity index is 889. The highest BCUT2D eigenvalue weighted by molar-refractivity contribution is 6.01. The third kappa shape index (κ3) is 6.20. The third-order valence-corrected chi connectivity index (χ3v) is 5.32. The number of carbonyl (C=O) groups is 2. The van der Waals surface area contributed by atoms with Gasteiger partial charge in [0.1, 0.15) is 0 Å². The summed E-state index contributed by atoms with van der Waals surface area (Å²) < 4.78 is 10.1. The van der Waals surface area contributed by atoms with Crippen LogP contribution in [0.1, 0.15) is 45.6 Å². The highest BCUT2D eigenvalue weighted by Crippen LogP contribution is 2.42. The van der Waals surface area contributed by atoms with Gasteiger partial charge in [-0.2, -0.15) is 0 Å². The van der Waals surface area contributed by atoms with Gasteiger partial charge < -0.3 is 9.47 Å². The molecule has 0 bridgehead atoms. The average molecular weight is 455 g/mol. The Morgan fingerprint density at radius 3 is 2.39 bits per heavy atom. The number of esters is 2. The molecule has 178 valence electrons. The van der Waals surface area contributed by atoms with Crippen LogP contribution in [0.3, 0.4) is 0 Å². The lowest BCUT2D eigenvalue weighted by Gasteiger charge is -2.46. The van der Waals surface area contributed by atoms with Crippen LogP contribution < -0.4 is 0 Å². The summed E-state index contributed by atoms with van der Waals surface area (Å²) in [6, 6.07) is 8.86. The first-order valence-electron chi connectivity index (χ1n) is 11.2. The van der Waals surface area contributed by atoms with Crippen molar-refractivity contribution < 1.29 is 23.9 Å². The second-order valence-electron chi connectivity index (χ2n) is 7.77. The number of hydroxylamine groups is 2. The molecule has 33 heavy (non-hydrogen) atoms. The van der Waals surface area contributed by atoms with Crippen LogP contribution in [-0.4, -0.2) is 49.7 Å². The van der Waals surface area contributed by atoms with Gasteiger partial charge in [0.05, 0.1) is 26.0 Å². The van der Waals surface area contributed by atoms with Gasteiger partial charge in [0.25, 0.3) is 0 Å². The lowest BCUT2D eigenvalue weighted by molar-refractivity contribution is -0.259. The van der Waals surface area contributed by atoms with E-state index in [1.165, 1.54) is 20.6 Å². The minimum absolute atomic E-state index is 0.00257. The van der Waals surface area contributed by atoms with Crippen molar-refractivity contribution in [3.8, 4) is 0 Å². The zero-order chi connectivity index (χ0) is 24.3. The summed E-state index contributed by atoms with van der Waals surface area (Å²) in [5.74, 6) is -1.35. The van der Waals surface area contributed by atoms with E-state index in [0.717, 1.165) is 11.3 Å². The van der Waals surface area contributed by atoms with Gasteiger partial charge in [-0.25, -0.2) is 9.90 Å². The van der Waals surface area contributed by atoms with Crippen molar-refractivity contribution in [2.45, 2.75) is 52.3 Å². The number of hydrogen-bond acceptors (Lipinski definition) is 7. The van der Waals surface area contributed by atoms with Gasteiger partial charge in [-0.15, -0.1) is 0 Å². The summed E-state index contributed by atoms with van der Waals surface area (Å²) in [6.45, 7) is 6.00. The zero-order valence-corrected chi connectivity index (χ0v) is 20.1. The number of rotatable bonds is 5. The quantitative estimate of drug-likeness (QED) is 0.367. The van der Waals surface area contributed by atoms with Crippen molar-refractivity contribution in [1.29, 1.82) is 0 Å². The predicted octanol–water partition coefficient (Wildman–Crippen LogP) is 4.61. The molecule has 0 amide bonds. The normalized spacial score (nSPS) is 21.5. The minimum Gasteiger partial charge on any atom is -0.468 e. The van der Waals surface area contributed by atoms with Crippen LogP contribution in [0.2, 0.25) is 0 Å². The Balaban J connectivity index is 0.00000122. The number of benzene rings is 1. The topological polar surface area (TPSA) is 77.4 Å². The molecular formula is C26H34N2O5. The summed E-state index contributed by atoms with van der Waals surface area (Å²) in [6.07, 6.45) is 12.4. The third-order valence-electron chi connectivity index (χ3n) is 5.32. The second-order valence-corrected chi connectivity index (χ2v) is 7.77. The Kier molecular flexibility index (Phi) is 10.1. The Hall–Kier alpha value is -3.19. The van der Waals surface area contributed by atoms with E-state index in [0.29, 0.717) is 6.42 Å². The number of methoxy groups -OCH3 is 2. The largest absolute Gasteiger partial charge is 0.468 e. The van der Waals surface area contributed by atoms with Crippen LogP contribution in [0.4, 0.5) is 0 Å². The maximum Gasteiger partial charge on any atom is 0.325 e. The molecule has 1 aliphatic heterocycles. The molecule has 0 spiro atoms. The van der Waals surface area contributed by atoms with Gasteiger partial charge in [0.15, 0.2) is 11.6 Å². The van der Waals surface area contributed by atoms with Crippen molar-refractivity contribution in [1.82, 2.24) is 5.06 Å². The van der Waals surface area contributed by atoms with Gasteiger partial charge in [0, 0.05) is 12.6 Å². The maximum absolute atomic E-state index is 12.9. The van der Waals surface area contributed by atoms with Crippen molar-refractivity contribution in [3.63, 3.8) is 0 Å². The van der Waals surface area contributed by atoms with Crippen LogP contribution >= 0.6 is 0 Å². The first-order valence-corrected chi connectivity index (χ1v) is 11.2. The lowest BCUT2D eigenvalue weighted by atomic mass is 9.75. The van der Waals surface area contributed by atoms with E-state index in [2.05, 4.69) is 18.8 Å². The minimum atomic E-state index is -1.59. The average Bonchev–Trinajstić information content (AvgIpc) is 3.13. The van der Waals surface area contributed by atoms with Gasteiger partial charge >= 0.3 is 11.9 Å².